The van der Waals surface area contributed by atoms with Gasteiger partial charge < -0.3 is 10.1 Å². The number of nitrogens with zero attached hydrogens (tertiary/aromatic N) is 2. The number of rotatable bonds is 4. The van der Waals surface area contributed by atoms with E-state index < -0.39 is 21.8 Å². The van der Waals surface area contributed by atoms with Crippen LogP contribution in [0.15, 0.2) is 40.7 Å². The normalized spacial score (nSPS) is 19.0. The molecule has 1 amide bonds. The molecular weight excluding hydrogens is 429 g/mol. The zero-order chi connectivity index (χ0) is 20.9. The van der Waals surface area contributed by atoms with Crippen molar-refractivity contribution in [2.45, 2.75) is 17.7 Å². The van der Waals surface area contributed by atoms with Crippen molar-refractivity contribution in [3.63, 3.8) is 0 Å². The van der Waals surface area contributed by atoms with Crippen LogP contribution < -0.4 is 10.1 Å². The highest BCUT2D eigenvalue weighted by atomic mass is 32.2. The molecule has 1 saturated heterocycles. The van der Waals surface area contributed by atoms with E-state index in [1.807, 2.05) is 6.07 Å². The van der Waals surface area contributed by atoms with Gasteiger partial charge >= 0.3 is 0 Å². The molecule has 2 aromatic carbocycles. The average Bonchev–Trinajstić information content (AvgIpc) is 3.46. The molecule has 3 heterocycles. The molecule has 156 valence electrons. The van der Waals surface area contributed by atoms with Gasteiger partial charge in [0, 0.05) is 31.3 Å². The van der Waals surface area contributed by atoms with Crippen molar-refractivity contribution < 1.29 is 22.3 Å². The first-order valence-electron chi connectivity index (χ1n) is 9.51. The Morgan fingerprint density at radius 1 is 1.30 bits per heavy atom. The second kappa shape index (κ2) is 7.29. The van der Waals surface area contributed by atoms with Crippen LogP contribution >= 0.6 is 11.3 Å². The van der Waals surface area contributed by atoms with Gasteiger partial charge in [0.2, 0.25) is 15.9 Å². The van der Waals surface area contributed by atoms with Crippen LogP contribution in [0, 0.1) is 11.7 Å². The molecule has 1 atom stereocenters. The molecule has 1 fully saturated rings. The number of nitrogens with one attached hydrogen (secondary N) is 1. The first-order valence-corrected chi connectivity index (χ1v) is 11.8. The van der Waals surface area contributed by atoms with E-state index in [9.17, 15) is 17.6 Å². The minimum Gasteiger partial charge on any atom is -0.493 e. The third-order valence-electron chi connectivity index (χ3n) is 5.48. The van der Waals surface area contributed by atoms with Crippen LogP contribution in [0.3, 0.4) is 0 Å². The van der Waals surface area contributed by atoms with Crippen LogP contribution in [-0.4, -0.2) is 43.3 Å². The summed E-state index contributed by atoms with van der Waals surface area (Å²) in [5.41, 5.74) is 3.83. The molecule has 0 saturated carbocycles. The van der Waals surface area contributed by atoms with Crippen LogP contribution in [0.4, 0.5) is 10.1 Å². The molecule has 1 aromatic heterocycles. The predicted octanol–water partition coefficient (Wildman–Crippen LogP) is 3.02. The maximum atomic E-state index is 14.5. The van der Waals surface area contributed by atoms with Gasteiger partial charge in [-0.1, -0.05) is 0 Å². The number of carbonyl (C=O) groups excluding carboxylic acids is 1. The molecule has 2 aliphatic heterocycles. The summed E-state index contributed by atoms with van der Waals surface area (Å²) in [6, 6.07) is 7.95. The molecular formula is C20H18FN3O4S2. The fourth-order valence-electron chi connectivity index (χ4n) is 3.86. The number of anilines is 1. The number of aromatic nitrogens is 1. The summed E-state index contributed by atoms with van der Waals surface area (Å²) in [5.74, 6) is -1.21. The van der Waals surface area contributed by atoms with E-state index in [0.717, 1.165) is 16.3 Å². The van der Waals surface area contributed by atoms with E-state index in [-0.39, 0.29) is 23.9 Å². The van der Waals surface area contributed by atoms with Crippen molar-refractivity contribution in [3.05, 3.63) is 47.2 Å². The molecule has 0 bridgehead atoms. The Morgan fingerprint density at radius 2 is 2.17 bits per heavy atom. The predicted molar refractivity (Wildman–Crippen MR) is 111 cm³/mol. The number of carbonyl (C=O) groups is 1. The van der Waals surface area contributed by atoms with Crippen molar-refractivity contribution >= 4 is 43.2 Å². The summed E-state index contributed by atoms with van der Waals surface area (Å²) >= 11 is 1.51. The van der Waals surface area contributed by atoms with Crippen molar-refractivity contribution in [3.8, 4) is 5.75 Å². The number of sulfonamides is 1. The van der Waals surface area contributed by atoms with Gasteiger partial charge in [-0.2, -0.15) is 4.31 Å². The largest absolute Gasteiger partial charge is 0.493 e. The fraction of sp³-hybridized carbons (Fsp3) is 0.300. The van der Waals surface area contributed by atoms with E-state index in [0.29, 0.717) is 36.4 Å². The Morgan fingerprint density at radius 3 is 3.03 bits per heavy atom. The number of benzene rings is 2. The molecule has 3 aromatic rings. The van der Waals surface area contributed by atoms with E-state index in [2.05, 4.69) is 10.3 Å². The van der Waals surface area contributed by atoms with Gasteiger partial charge in [-0.15, -0.1) is 11.3 Å². The van der Waals surface area contributed by atoms with Crippen LogP contribution in [0.5, 0.6) is 5.75 Å². The summed E-state index contributed by atoms with van der Waals surface area (Å²) in [6.45, 7) is 0.593. The lowest BCUT2D eigenvalue weighted by atomic mass is 10.1. The van der Waals surface area contributed by atoms with Crippen LogP contribution in [0.1, 0.15) is 12.0 Å². The molecule has 0 radical (unpaired) electrons. The second-order valence-electron chi connectivity index (χ2n) is 7.36. The van der Waals surface area contributed by atoms with Crippen LogP contribution in [0.2, 0.25) is 0 Å². The number of amides is 1. The minimum absolute atomic E-state index is 0.0140. The Bertz CT molecular complexity index is 1260. The molecule has 2 aliphatic rings. The molecule has 30 heavy (non-hydrogen) atoms. The molecule has 5 rings (SSSR count). The number of hydrogen-bond acceptors (Lipinski definition) is 6. The highest BCUT2D eigenvalue weighted by Gasteiger charge is 2.37. The fourth-order valence-corrected chi connectivity index (χ4v) is 6.11. The van der Waals surface area contributed by atoms with Crippen molar-refractivity contribution in [2.24, 2.45) is 5.92 Å². The third-order valence-corrected chi connectivity index (χ3v) is 8.17. The van der Waals surface area contributed by atoms with Crippen LogP contribution in [-0.2, 0) is 21.2 Å². The summed E-state index contributed by atoms with van der Waals surface area (Å²) in [6.07, 6.45) is 0.923. The highest BCUT2D eigenvalue weighted by molar-refractivity contribution is 7.89. The van der Waals surface area contributed by atoms with Crippen molar-refractivity contribution in [1.82, 2.24) is 9.29 Å². The van der Waals surface area contributed by atoms with Crippen molar-refractivity contribution in [2.75, 3.05) is 25.0 Å². The summed E-state index contributed by atoms with van der Waals surface area (Å²) < 4.78 is 48.0. The van der Waals surface area contributed by atoms with Gasteiger partial charge in [-0.3, -0.25) is 4.79 Å². The summed E-state index contributed by atoms with van der Waals surface area (Å²) in [5, 5.41) is 2.84. The standard InChI is InChI=1S/C20H18FN3O4S2/c21-15-9-17-12(4-6-28-17)7-19(15)30(26,27)24-5-3-13(10-24)20(25)23-14-1-2-18-16(8-14)22-11-29-18/h1-2,7-9,11,13H,3-6,10H2,(H,23,25)/t13-/m1/s1. The second-order valence-corrected chi connectivity index (χ2v) is 10.2. The summed E-state index contributed by atoms with van der Waals surface area (Å²) in [4.78, 5) is 16.5. The lowest BCUT2D eigenvalue weighted by Gasteiger charge is -2.17. The van der Waals surface area contributed by atoms with Gasteiger partial charge in [0.25, 0.3) is 0 Å². The quantitative estimate of drug-likeness (QED) is 0.664. The average molecular weight is 448 g/mol. The Labute approximate surface area is 176 Å². The van der Waals surface area contributed by atoms with Gasteiger partial charge in [0.15, 0.2) is 0 Å². The highest BCUT2D eigenvalue weighted by Crippen LogP contribution is 2.33. The maximum absolute atomic E-state index is 14.5. The number of halogens is 1. The number of hydrogen-bond donors (Lipinski definition) is 1. The van der Waals surface area contributed by atoms with Gasteiger partial charge in [0.05, 0.1) is 28.3 Å². The first-order chi connectivity index (χ1) is 14.4. The number of ether oxygens (including phenoxy) is 1. The molecule has 0 unspecified atom stereocenters. The molecule has 0 spiro atoms. The molecule has 1 N–H and O–H groups in total. The topological polar surface area (TPSA) is 88.6 Å². The lowest BCUT2D eigenvalue weighted by molar-refractivity contribution is -0.119. The molecule has 10 heteroatoms. The first kappa shape index (κ1) is 19.4. The Balaban J connectivity index is 1.31. The van der Waals surface area contributed by atoms with Gasteiger partial charge in [0.1, 0.15) is 16.5 Å². The van der Waals surface area contributed by atoms with E-state index >= 15 is 0 Å². The smallest absolute Gasteiger partial charge is 0.246 e. The van der Waals surface area contributed by atoms with Crippen molar-refractivity contribution in [1.29, 1.82) is 0 Å². The zero-order valence-corrected chi connectivity index (χ0v) is 17.4. The number of fused-ring (bicyclic) bond motifs is 2. The van der Waals surface area contributed by atoms with E-state index in [1.54, 1.807) is 17.6 Å². The maximum Gasteiger partial charge on any atom is 0.246 e. The molecule has 0 aliphatic carbocycles. The van der Waals surface area contributed by atoms with E-state index in [4.69, 9.17) is 4.74 Å². The lowest BCUT2D eigenvalue weighted by Crippen LogP contribution is -2.32. The number of thiazole rings is 1. The van der Waals surface area contributed by atoms with Gasteiger partial charge in [-0.05, 0) is 36.2 Å². The summed E-state index contributed by atoms with van der Waals surface area (Å²) in [7, 11) is -4.04. The Kier molecular flexibility index (Phi) is 4.72. The Hall–Kier alpha value is -2.56. The van der Waals surface area contributed by atoms with Gasteiger partial charge in [-0.25, -0.2) is 17.8 Å². The minimum atomic E-state index is -4.04. The van der Waals surface area contributed by atoms with Crippen LogP contribution in [0.25, 0.3) is 10.2 Å². The monoisotopic (exact) mass is 447 g/mol. The zero-order valence-electron chi connectivity index (χ0n) is 15.8. The van der Waals surface area contributed by atoms with E-state index in [1.165, 1.54) is 21.7 Å². The molecule has 7 nitrogen and oxygen atoms in total. The SMILES string of the molecule is O=C(Nc1ccc2scnc2c1)[C@@H]1CCN(S(=O)(=O)c2cc3c(cc2F)OCC3)C1. The third kappa shape index (κ3) is 3.34.